The molecule has 1 aromatic carbocycles. The van der Waals surface area contributed by atoms with Gasteiger partial charge in [-0.3, -0.25) is 0 Å². The van der Waals surface area contributed by atoms with Crippen LogP contribution in [0, 0.1) is 0 Å². The summed E-state index contributed by atoms with van der Waals surface area (Å²) in [6.45, 7) is 2.90. The summed E-state index contributed by atoms with van der Waals surface area (Å²) >= 11 is 0. The van der Waals surface area contributed by atoms with Gasteiger partial charge in [0.05, 0.1) is 0 Å². The van der Waals surface area contributed by atoms with Crippen LogP contribution in [0.25, 0.3) is 0 Å². The van der Waals surface area contributed by atoms with Crippen molar-refractivity contribution in [3.8, 4) is 5.75 Å². The third-order valence-corrected chi connectivity index (χ3v) is 2.24. The summed E-state index contributed by atoms with van der Waals surface area (Å²) in [5.41, 5.74) is 0.718. The van der Waals surface area contributed by atoms with Gasteiger partial charge in [0, 0.05) is 25.7 Å². The molecule has 0 heterocycles. The van der Waals surface area contributed by atoms with Gasteiger partial charge in [-0.25, -0.2) is 4.79 Å². The lowest BCUT2D eigenvalue weighted by Crippen LogP contribution is -2.36. The van der Waals surface area contributed by atoms with Gasteiger partial charge in [0.1, 0.15) is 5.75 Å². The molecular formula is C11H16N2O2. The second kappa shape index (κ2) is 5.24. The van der Waals surface area contributed by atoms with Gasteiger partial charge in [-0.1, -0.05) is 18.2 Å². The molecule has 15 heavy (non-hydrogen) atoms. The summed E-state index contributed by atoms with van der Waals surface area (Å²) in [7, 11) is 1.72. The van der Waals surface area contributed by atoms with E-state index >= 15 is 0 Å². The van der Waals surface area contributed by atoms with Crippen LogP contribution in [-0.4, -0.2) is 29.6 Å². The lowest BCUT2D eigenvalue weighted by molar-refractivity contribution is 0.210. The Morgan fingerprint density at radius 2 is 2.13 bits per heavy atom. The minimum absolute atomic E-state index is 0.138. The van der Waals surface area contributed by atoms with Crippen molar-refractivity contribution in [2.45, 2.75) is 13.5 Å². The SMILES string of the molecule is CCN(C)C(=O)NCc1ccccc1O. The van der Waals surface area contributed by atoms with E-state index in [-0.39, 0.29) is 11.8 Å². The summed E-state index contributed by atoms with van der Waals surface area (Å²) in [5.74, 6) is 0.206. The van der Waals surface area contributed by atoms with E-state index in [0.29, 0.717) is 13.1 Å². The van der Waals surface area contributed by atoms with E-state index in [1.165, 1.54) is 0 Å². The lowest BCUT2D eigenvalue weighted by atomic mass is 10.2. The molecule has 2 amide bonds. The summed E-state index contributed by atoms with van der Waals surface area (Å²) in [6, 6.07) is 6.82. The second-order valence-electron chi connectivity index (χ2n) is 3.30. The number of carbonyl (C=O) groups excluding carboxylic acids is 1. The molecular weight excluding hydrogens is 192 g/mol. The van der Waals surface area contributed by atoms with Crippen LogP contribution in [0.2, 0.25) is 0 Å². The maximum atomic E-state index is 11.4. The van der Waals surface area contributed by atoms with Gasteiger partial charge in [0.25, 0.3) is 0 Å². The van der Waals surface area contributed by atoms with Crippen molar-refractivity contribution in [2.75, 3.05) is 13.6 Å². The van der Waals surface area contributed by atoms with E-state index in [9.17, 15) is 9.90 Å². The minimum Gasteiger partial charge on any atom is -0.508 e. The molecule has 4 heteroatoms. The number of rotatable bonds is 3. The Balaban J connectivity index is 2.51. The number of amides is 2. The average Bonchev–Trinajstić information content (AvgIpc) is 2.26. The number of nitrogens with zero attached hydrogens (tertiary/aromatic N) is 1. The maximum Gasteiger partial charge on any atom is 0.317 e. The van der Waals surface area contributed by atoms with Crippen molar-refractivity contribution in [1.29, 1.82) is 0 Å². The van der Waals surface area contributed by atoms with Crippen LogP contribution in [0.5, 0.6) is 5.75 Å². The molecule has 0 spiro atoms. The molecule has 2 N–H and O–H groups in total. The number of hydrogen-bond acceptors (Lipinski definition) is 2. The Labute approximate surface area is 89.5 Å². The van der Waals surface area contributed by atoms with E-state index in [1.807, 2.05) is 13.0 Å². The van der Waals surface area contributed by atoms with Crippen molar-refractivity contribution in [2.24, 2.45) is 0 Å². The van der Waals surface area contributed by atoms with Crippen molar-refractivity contribution < 1.29 is 9.90 Å². The third-order valence-electron chi connectivity index (χ3n) is 2.24. The fourth-order valence-corrected chi connectivity index (χ4v) is 1.11. The van der Waals surface area contributed by atoms with Crippen LogP contribution in [0.4, 0.5) is 4.79 Å². The summed E-state index contributed by atoms with van der Waals surface area (Å²) in [5, 5.41) is 12.2. The average molecular weight is 208 g/mol. The van der Waals surface area contributed by atoms with Gasteiger partial charge in [-0.15, -0.1) is 0 Å². The van der Waals surface area contributed by atoms with Crippen LogP contribution in [0.1, 0.15) is 12.5 Å². The molecule has 0 bridgehead atoms. The number of benzene rings is 1. The molecule has 0 aromatic heterocycles. The first-order chi connectivity index (χ1) is 7.15. The zero-order chi connectivity index (χ0) is 11.3. The standard InChI is InChI=1S/C11H16N2O2/c1-3-13(2)11(15)12-8-9-6-4-5-7-10(9)14/h4-7,14H,3,8H2,1-2H3,(H,12,15). The molecule has 82 valence electrons. The predicted octanol–water partition coefficient (Wildman–Crippen LogP) is 1.55. The van der Waals surface area contributed by atoms with E-state index in [4.69, 9.17) is 0 Å². The zero-order valence-corrected chi connectivity index (χ0v) is 9.03. The van der Waals surface area contributed by atoms with Crippen LogP contribution < -0.4 is 5.32 Å². The number of phenols is 1. The zero-order valence-electron chi connectivity index (χ0n) is 9.03. The Bertz CT molecular complexity index is 339. The van der Waals surface area contributed by atoms with Crippen LogP contribution in [-0.2, 0) is 6.54 Å². The van der Waals surface area contributed by atoms with Gasteiger partial charge < -0.3 is 15.3 Å². The van der Waals surface area contributed by atoms with E-state index in [2.05, 4.69) is 5.32 Å². The highest BCUT2D eigenvalue weighted by Crippen LogP contribution is 2.14. The Kier molecular flexibility index (Phi) is 3.97. The fourth-order valence-electron chi connectivity index (χ4n) is 1.11. The molecule has 0 radical (unpaired) electrons. The summed E-state index contributed by atoms with van der Waals surface area (Å²) < 4.78 is 0. The van der Waals surface area contributed by atoms with Gasteiger partial charge in [-0.2, -0.15) is 0 Å². The first-order valence-corrected chi connectivity index (χ1v) is 4.91. The summed E-state index contributed by atoms with van der Waals surface area (Å²) in [6.07, 6.45) is 0. The second-order valence-corrected chi connectivity index (χ2v) is 3.30. The topological polar surface area (TPSA) is 52.6 Å². The Hall–Kier alpha value is -1.71. The van der Waals surface area contributed by atoms with Crippen LogP contribution in [0.3, 0.4) is 0 Å². The highest BCUT2D eigenvalue weighted by molar-refractivity contribution is 5.73. The van der Waals surface area contributed by atoms with Crippen LogP contribution in [0.15, 0.2) is 24.3 Å². The molecule has 1 rings (SSSR count). The molecule has 0 aliphatic carbocycles. The molecule has 0 saturated heterocycles. The molecule has 0 fully saturated rings. The van der Waals surface area contributed by atoms with Gasteiger partial charge in [0.2, 0.25) is 0 Å². The predicted molar refractivity (Wildman–Crippen MR) is 58.6 cm³/mol. The smallest absolute Gasteiger partial charge is 0.317 e. The summed E-state index contributed by atoms with van der Waals surface area (Å²) in [4.78, 5) is 13.0. The largest absolute Gasteiger partial charge is 0.508 e. The number of urea groups is 1. The van der Waals surface area contributed by atoms with E-state index in [1.54, 1.807) is 30.1 Å². The Morgan fingerprint density at radius 3 is 2.73 bits per heavy atom. The van der Waals surface area contributed by atoms with Gasteiger partial charge in [0.15, 0.2) is 0 Å². The van der Waals surface area contributed by atoms with E-state index < -0.39 is 0 Å². The molecule has 1 aromatic rings. The number of carbonyl (C=O) groups is 1. The maximum absolute atomic E-state index is 11.4. The third kappa shape index (κ3) is 3.16. The first kappa shape index (κ1) is 11.4. The molecule has 0 aliphatic heterocycles. The minimum atomic E-state index is -0.138. The van der Waals surface area contributed by atoms with Crippen LogP contribution >= 0.6 is 0 Å². The number of nitrogens with one attached hydrogen (secondary N) is 1. The highest BCUT2D eigenvalue weighted by Gasteiger charge is 2.06. The monoisotopic (exact) mass is 208 g/mol. The molecule has 0 aliphatic rings. The molecule has 4 nitrogen and oxygen atoms in total. The van der Waals surface area contributed by atoms with Crippen molar-refractivity contribution in [3.05, 3.63) is 29.8 Å². The van der Waals surface area contributed by atoms with Gasteiger partial charge >= 0.3 is 6.03 Å². The number of aromatic hydroxyl groups is 1. The first-order valence-electron chi connectivity index (χ1n) is 4.91. The van der Waals surface area contributed by atoms with Crippen molar-refractivity contribution >= 4 is 6.03 Å². The quantitative estimate of drug-likeness (QED) is 0.792. The number of para-hydroxylation sites is 1. The van der Waals surface area contributed by atoms with Crippen molar-refractivity contribution in [1.82, 2.24) is 10.2 Å². The lowest BCUT2D eigenvalue weighted by Gasteiger charge is -2.15. The highest BCUT2D eigenvalue weighted by atomic mass is 16.3. The molecule has 0 unspecified atom stereocenters. The number of phenolic OH excluding ortho intramolecular Hbond substituents is 1. The normalized spacial score (nSPS) is 9.73. The molecule has 0 atom stereocenters. The number of hydrogen-bond donors (Lipinski definition) is 2. The Morgan fingerprint density at radius 1 is 1.47 bits per heavy atom. The van der Waals surface area contributed by atoms with Gasteiger partial charge in [-0.05, 0) is 13.0 Å². The van der Waals surface area contributed by atoms with Crippen molar-refractivity contribution in [3.63, 3.8) is 0 Å². The van der Waals surface area contributed by atoms with E-state index in [0.717, 1.165) is 5.56 Å². The fraction of sp³-hybridized carbons (Fsp3) is 0.364. The molecule has 0 saturated carbocycles.